The van der Waals surface area contributed by atoms with Crippen LogP contribution in [0.15, 0.2) is 24.3 Å². The van der Waals surface area contributed by atoms with Gasteiger partial charge in [-0.05, 0) is 25.8 Å². The SMILES string of the molecule is CCCNC(C)C(c1ccccc1[N+](=O)[O-])C(C)C. The first kappa shape index (κ1) is 15.6. The predicted octanol–water partition coefficient (Wildman–Crippen LogP) is 3.72. The molecule has 0 bridgehead atoms. The molecule has 0 aliphatic carbocycles. The third-order valence-electron chi connectivity index (χ3n) is 3.47. The highest BCUT2D eigenvalue weighted by Crippen LogP contribution is 2.34. The maximum atomic E-state index is 11.2. The molecule has 2 atom stereocenters. The fourth-order valence-electron chi connectivity index (χ4n) is 2.64. The maximum absolute atomic E-state index is 11.2. The van der Waals surface area contributed by atoms with Gasteiger partial charge in [-0.1, -0.05) is 39.0 Å². The van der Waals surface area contributed by atoms with Crippen LogP contribution >= 0.6 is 0 Å². The molecule has 0 aliphatic heterocycles. The third kappa shape index (κ3) is 4.03. The van der Waals surface area contributed by atoms with Crippen molar-refractivity contribution in [3.63, 3.8) is 0 Å². The summed E-state index contributed by atoms with van der Waals surface area (Å²) in [5.74, 6) is 0.494. The maximum Gasteiger partial charge on any atom is 0.272 e. The molecule has 1 aromatic carbocycles. The Morgan fingerprint density at radius 1 is 1.26 bits per heavy atom. The second-order valence-electron chi connectivity index (χ2n) is 5.33. The van der Waals surface area contributed by atoms with E-state index in [-0.39, 0.29) is 22.6 Å². The Bertz CT molecular complexity index is 418. The fourth-order valence-corrected chi connectivity index (χ4v) is 2.64. The average Bonchev–Trinajstić information content (AvgIpc) is 2.36. The van der Waals surface area contributed by atoms with E-state index in [9.17, 15) is 10.1 Å². The van der Waals surface area contributed by atoms with Crippen molar-refractivity contribution < 1.29 is 4.92 Å². The van der Waals surface area contributed by atoms with Crippen molar-refractivity contribution in [1.29, 1.82) is 0 Å². The quantitative estimate of drug-likeness (QED) is 0.603. The van der Waals surface area contributed by atoms with Crippen molar-refractivity contribution in [1.82, 2.24) is 5.32 Å². The van der Waals surface area contributed by atoms with E-state index in [1.807, 2.05) is 12.1 Å². The number of nitro benzene ring substituents is 1. The average molecular weight is 264 g/mol. The highest BCUT2D eigenvalue weighted by molar-refractivity contribution is 5.43. The van der Waals surface area contributed by atoms with Crippen LogP contribution in [0.3, 0.4) is 0 Å². The molecule has 2 unspecified atom stereocenters. The molecule has 0 fully saturated rings. The molecule has 0 aromatic heterocycles. The first-order valence-electron chi connectivity index (χ1n) is 6.95. The summed E-state index contributed by atoms with van der Waals surface area (Å²) in [6, 6.07) is 7.30. The summed E-state index contributed by atoms with van der Waals surface area (Å²) in [6.07, 6.45) is 1.06. The van der Waals surface area contributed by atoms with E-state index >= 15 is 0 Å². The van der Waals surface area contributed by atoms with E-state index in [2.05, 4.69) is 33.0 Å². The zero-order valence-corrected chi connectivity index (χ0v) is 12.2. The van der Waals surface area contributed by atoms with Crippen LogP contribution in [-0.2, 0) is 0 Å². The molecule has 0 radical (unpaired) electrons. The molecule has 0 spiro atoms. The summed E-state index contributed by atoms with van der Waals surface area (Å²) in [6.45, 7) is 9.40. The van der Waals surface area contributed by atoms with Gasteiger partial charge in [0.2, 0.25) is 0 Å². The summed E-state index contributed by atoms with van der Waals surface area (Å²) in [7, 11) is 0. The van der Waals surface area contributed by atoms with Gasteiger partial charge in [0.15, 0.2) is 0 Å². The molecule has 1 N–H and O–H groups in total. The summed E-state index contributed by atoms with van der Waals surface area (Å²) in [4.78, 5) is 10.9. The van der Waals surface area contributed by atoms with E-state index < -0.39 is 0 Å². The minimum atomic E-state index is -0.281. The summed E-state index contributed by atoms with van der Waals surface area (Å²) in [5.41, 5.74) is 1.06. The predicted molar refractivity (Wildman–Crippen MR) is 78.4 cm³/mol. The molecule has 0 saturated heterocycles. The van der Waals surface area contributed by atoms with Gasteiger partial charge in [-0.2, -0.15) is 0 Å². The monoisotopic (exact) mass is 264 g/mol. The van der Waals surface area contributed by atoms with Gasteiger partial charge in [-0.15, -0.1) is 0 Å². The minimum absolute atomic E-state index is 0.146. The molecule has 1 rings (SSSR count). The molecule has 0 aliphatic rings. The Morgan fingerprint density at radius 2 is 1.89 bits per heavy atom. The second kappa shape index (κ2) is 7.24. The Labute approximate surface area is 115 Å². The van der Waals surface area contributed by atoms with E-state index in [4.69, 9.17) is 0 Å². The van der Waals surface area contributed by atoms with Crippen molar-refractivity contribution in [3.8, 4) is 0 Å². The van der Waals surface area contributed by atoms with Crippen LogP contribution in [0.2, 0.25) is 0 Å². The smallest absolute Gasteiger partial charge is 0.272 e. The normalized spacial score (nSPS) is 14.4. The lowest BCUT2D eigenvalue weighted by Gasteiger charge is -2.28. The second-order valence-corrected chi connectivity index (χ2v) is 5.33. The van der Waals surface area contributed by atoms with Crippen LogP contribution in [0.1, 0.15) is 45.6 Å². The molecule has 0 heterocycles. The largest absolute Gasteiger partial charge is 0.314 e. The first-order chi connectivity index (χ1) is 8.99. The van der Waals surface area contributed by atoms with Crippen LogP contribution < -0.4 is 5.32 Å². The Hall–Kier alpha value is -1.42. The number of nitro groups is 1. The van der Waals surface area contributed by atoms with Crippen LogP contribution in [0.25, 0.3) is 0 Å². The Morgan fingerprint density at radius 3 is 2.42 bits per heavy atom. The van der Waals surface area contributed by atoms with E-state index in [1.165, 1.54) is 0 Å². The molecule has 0 amide bonds. The molecule has 4 nitrogen and oxygen atoms in total. The molecule has 19 heavy (non-hydrogen) atoms. The van der Waals surface area contributed by atoms with E-state index in [1.54, 1.807) is 12.1 Å². The van der Waals surface area contributed by atoms with Gasteiger partial charge in [0.25, 0.3) is 5.69 Å². The van der Waals surface area contributed by atoms with Gasteiger partial charge in [0, 0.05) is 23.6 Å². The summed E-state index contributed by atoms with van der Waals surface area (Å²) in [5, 5.41) is 14.6. The van der Waals surface area contributed by atoms with Crippen molar-refractivity contribution in [2.75, 3.05) is 6.54 Å². The minimum Gasteiger partial charge on any atom is -0.314 e. The molecular formula is C15H24N2O2. The standard InChI is InChI=1S/C15H24N2O2/c1-5-10-16-12(4)15(11(2)3)13-8-6-7-9-14(13)17(18)19/h6-9,11-12,15-16H,5,10H2,1-4H3. The topological polar surface area (TPSA) is 55.2 Å². The van der Waals surface area contributed by atoms with Crippen molar-refractivity contribution in [3.05, 3.63) is 39.9 Å². The van der Waals surface area contributed by atoms with Crippen molar-refractivity contribution >= 4 is 5.69 Å². The molecule has 4 heteroatoms. The zero-order valence-electron chi connectivity index (χ0n) is 12.2. The number of nitrogens with one attached hydrogen (secondary N) is 1. The number of para-hydroxylation sites is 1. The van der Waals surface area contributed by atoms with E-state index in [0.29, 0.717) is 5.92 Å². The van der Waals surface area contributed by atoms with Gasteiger partial charge in [0.1, 0.15) is 0 Å². The number of nitrogens with zero attached hydrogens (tertiary/aromatic N) is 1. The van der Waals surface area contributed by atoms with Gasteiger partial charge < -0.3 is 5.32 Å². The summed E-state index contributed by atoms with van der Waals surface area (Å²) >= 11 is 0. The lowest BCUT2D eigenvalue weighted by molar-refractivity contribution is -0.385. The highest BCUT2D eigenvalue weighted by atomic mass is 16.6. The van der Waals surface area contributed by atoms with Gasteiger partial charge in [0.05, 0.1) is 4.92 Å². The van der Waals surface area contributed by atoms with Crippen LogP contribution in [0, 0.1) is 16.0 Å². The molecule has 106 valence electrons. The van der Waals surface area contributed by atoms with Crippen LogP contribution in [0.5, 0.6) is 0 Å². The molecular weight excluding hydrogens is 240 g/mol. The van der Waals surface area contributed by atoms with E-state index in [0.717, 1.165) is 18.5 Å². The fraction of sp³-hybridized carbons (Fsp3) is 0.600. The highest BCUT2D eigenvalue weighted by Gasteiger charge is 2.28. The summed E-state index contributed by atoms with van der Waals surface area (Å²) < 4.78 is 0. The van der Waals surface area contributed by atoms with Crippen LogP contribution in [-0.4, -0.2) is 17.5 Å². The van der Waals surface area contributed by atoms with Crippen molar-refractivity contribution in [2.45, 2.75) is 46.1 Å². The third-order valence-corrected chi connectivity index (χ3v) is 3.47. The first-order valence-corrected chi connectivity index (χ1v) is 6.95. The Kier molecular flexibility index (Phi) is 5.96. The Balaban J connectivity index is 3.09. The lowest BCUT2D eigenvalue weighted by atomic mass is 9.82. The van der Waals surface area contributed by atoms with Gasteiger partial charge in [-0.3, -0.25) is 10.1 Å². The van der Waals surface area contributed by atoms with Gasteiger partial charge in [-0.25, -0.2) is 0 Å². The van der Waals surface area contributed by atoms with Crippen LogP contribution in [0.4, 0.5) is 5.69 Å². The molecule has 0 saturated carbocycles. The zero-order chi connectivity index (χ0) is 14.4. The number of rotatable bonds is 7. The number of hydrogen-bond acceptors (Lipinski definition) is 3. The van der Waals surface area contributed by atoms with Crippen molar-refractivity contribution in [2.24, 2.45) is 5.92 Å². The lowest BCUT2D eigenvalue weighted by Crippen LogP contribution is -2.35. The molecule has 1 aromatic rings. The number of hydrogen-bond donors (Lipinski definition) is 1. The number of benzene rings is 1. The van der Waals surface area contributed by atoms with Gasteiger partial charge >= 0.3 is 0 Å².